The summed E-state index contributed by atoms with van der Waals surface area (Å²) in [6.45, 7) is 0.552. The smallest absolute Gasteiger partial charge is 0.160 e. The van der Waals surface area contributed by atoms with Gasteiger partial charge in [-0.25, -0.2) is 0 Å². The molecule has 0 saturated carbocycles. The lowest BCUT2D eigenvalue weighted by molar-refractivity contribution is 0.0976. The first-order valence-corrected chi connectivity index (χ1v) is 7.38. The molecule has 0 fully saturated rings. The Morgan fingerprint density at radius 2 is 2.08 bits per heavy atom. The lowest BCUT2D eigenvalue weighted by Crippen LogP contribution is -2.17. The van der Waals surface area contributed by atoms with Crippen molar-refractivity contribution in [3.8, 4) is 17.2 Å². The number of rotatable bonds is 10. The first-order valence-electron chi connectivity index (χ1n) is 14.4. The molecular formula is C21H28O4. The summed E-state index contributed by atoms with van der Waals surface area (Å²) in [5, 5.41) is 10.5. The molecule has 4 nitrogen and oxygen atoms in total. The molecule has 0 radical (unpaired) electrons. The van der Waals surface area contributed by atoms with Crippen molar-refractivity contribution in [2.24, 2.45) is 0 Å². The van der Waals surface area contributed by atoms with Crippen molar-refractivity contribution in [2.45, 2.75) is 38.6 Å². The van der Waals surface area contributed by atoms with Crippen molar-refractivity contribution in [3.05, 3.63) is 53.4 Å². The predicted octanol–water partition coefficient (Wildman–Crippen LogP) is 4.16. The summed E-state index contributed by atoms with van der Waals surface area (Å²) in [4.78, 5) is 0. The van der Waals surface area contributed by atoms with Crippen molar-refractivity contribution in [1.82, 2.24) is 0 Å². The summed E-state index contributed by atoms with van der Waals surface area (Å²) >= 11 is 0. The van der Waals surface area contributed by atoms with Crippen molar-refractivity contribution in [1.29, 1.82) is 0 Å². The van der Waals surface area contributed by atoms with E-state index in [0.717, 1.165) is 7.11 Å². The van der Waals surface area contributed by atoms with E-state index in [2.05, 4.69) is 0 Å². The van der Waals surface area contributed by atoms with Crippen LogP contribution in [0, 0.1) is 6.92 Å². The third-order valence-electron chi connectivity index (χ3n) is 2.98. The Bertz CT molecular complexity index is 1200. The Morgan fingerprint density at radius 1 is 1.20 bits per heavy atom. The highest BCUT2D eigenvalue weighted by molar-refractivity contribution is 5.42. The maximum Gasteiger partial charge on any atom is 0.160 e. The van der Waals surface area contributed by atoms with Crippen LogP contribution in [0.1, 0.15) is 49.5 Å². The summed E-state index contributed by atoms with van der Waals surface area (Å²) in [6, 6.07) is -3.85. The van der Waals surface area contributed by atoms with E-state index in [9.17, 15) is 5.11 Å². The first-order chi connectivity index (χ1) is 17.6. The Morgan fingerprint density at radius 3 is 2.88 bits per heavy atom. The molecule has 0 amide bonds. The molecule has 0 aliphatic carbocycles. The number of methoxy groups -OCH3 is 2. The summed E-state index contributed by atoms with van der Waals surface area (Å²) in [5.41, 5.74) is -0.384. The third-order valence-corrected chi connectivity index (χ3v) is 2.98. The Hall–Kier alpha value is -2.20. The largest absolute Gasteiger partial charge is 0.493 e. The van der Waals surface area contributed by atoms with Crippen LogP contribution in [-0.4, -0.2) is 32.0 Å². The average Bonchev–Trinajstić information content (AvgIpc) is 2.81. The second kappa shape index (κ2) is 9.94. The van der Waals surface area contributed by atoms with Crippen LogP contribution in [-0.2, 0) is 6.42 Å². The molecule has 0 saturated heterocycles. The fraction of sp³-hybridized carbons (Fsp3) is 0.429. The SMILES string of the molecule is [2H]c1c([2H])c(C)c([2H])c(OCC(O)C([2H])([2H])CC([2H])([2H])Cc2c([2H])c([2H])c(OC)c(OC([2H])([2H])[2H])c2[2H])c1[2H]. The van der Waals surface area contributed by atoms with Crippen molar-refractivity contribution >= 4 is 0 Å². The van der Waals surface area contributed by atoms with Gasteiger partial charge in [-0.05, 0) is 61.4 Å². The van der Waals surface area contributed by atoms with Crippen molar-refractivity contribution < 1.29 is 38.5 Å². The molecule has 0 heterocycles. The van der Waals surface area contributed by atoms with Crippen LogP contribution in [0.2, 0.25) is 0 Å². The highest BCUT2D eigenvalue weighted by Crippen LogP contribution is 2.28. The number of aliphatic hydroxyl groups excluding tert-OH is 1. The summed E-state index contributed by atoms with van der Waals surface area (Å²) < 4.78 is 126. The van der Waals surface area contributed by atoms with Gasteiger partial charge in [0.2, 0.25) is 0 Å². The van der Waals surface area contributed by atoms with Gasteiger partial charge in [0.15, 0.2) is 11.5 Å². The maximum atomic E-state index is 10.5. The third kappa shape index (κ3) is 6.31. The minimum absolute atomic E-state index is 0.0484. The normalized spacial score (nSPS) is 21.6. The van der Waals surface area contributed by atoms with Crippen LogP contribution < -0.4 is 14.2 Å². The molecule has 25 heavy (non-hydrogen) atoms. The molecule has 2 rings (SSSR count). The molecule has 2 aromatic carbocycles. The average molecular weight is 359 g/mol. The number of ether oxygens (including phenoxy) is 3. The number of hydrogen-bond donors (Lipinski definition) is 1. The highest BCUT2D eigenvalue weighted by atomic mass is 16.5. The fourth-order valence-electron chi connectivity index (χ4n) is 1.80. The quantitative estimate of drug-likeness (QED) is 0.693. The topological polar surface area (TPSA) is 47.9 Å². The molecule has 0 aromatic heterocycles. The van der Waals surface area contributed by atoms with E-state index >= 15 is 0 Å². The molecule has 1 atom stereocenters. The molecule has 2 aromatic rings. The Kier molecular flexibility index (Phi) is 3.02. The number of benzene rings is 2. The van der Waals surface area contributed by atoms with E-state index in [0.29, 0.717) is 0 Å². The molecule has 0 aliphatic rings. The van der Waals surface area contributed by atoms with Gasteiger partial charge in [-0.3, -0.25) is 0 Å². The van der Waals surface area contributed by atoms with Gasteiger partial charge in [-0.15, -0.1) is 0 Å². The summed E-state index contributed by atoms with van der Waals surface area (Å²) in [6.07, 6.45) is -9.01. The van der Waals surface area contributed by atoms with Gasteiger partial charge < -0.3 is 19.3 Å². The van der Waals surface area contributed by atoms with E-state index in [-0.39, 0.29) is 17.6 Å². The van der Waals surface area contributed by atoms with Crippen LogP contribution in [0.15, 0.2) is 42.3 Å². The summed E-state index contributed by atoms with van der Waals surface area (Å²) in [5.74, 6) is -1.63. The van der Waals surface area contributed by atoms with Gasteiger partial charge in [0.05, 0.1) is 34.0 Å². The van der Waals surface area contributed by atoms with E-state index in [1.54, 1.807) is 0 Å². The van der Waals surface area contributed by atoms with E-state index in [1.165, 1.54) is 6.92 Å². The van der Waals surface area contributed by atoms with Gasteiger partial charge in [0, 0.05) is 5.48 Å². The summed E-state index contributed by atoms with van der Waals surface area (Å²) in [7, 11) is -1.97. The zero-order chi connectivity index (χ0) is 30.2. The van der Waals surface area contributed by atoms with E-state index in [1.807, 2.05) is 0 Å². The first kappa shape index (κ1) is 7.58. The van der Waals surface area contributed by atoms with Crippen molar-refractivity contribution in [2.75, 3.05) is 20.8 Å². The van der Waals surface area contributed by atoms with Gasteiger partial charge in [0.25, 0.3) is 0 Å². The van der Waals surface area contributed by atoms with Crippen molar-refractivity contribution in [3.63, 3.8) is 0 Å². The number of hydrogen-bond acceptors (Lipinski definition) is 4. The molecule has 0 bridgehead atoms. The molecule has 1 unspecified atom stereocenters. The standard InChI is InChI=1S/C21H28O4/c1-16-7-6-10-19(13-16)25-15-18(22)9-5-4-8-17-11-12-20(23-2)21(14-17)24-3/h6-7,10-14,18,22H,4-5,8-9,15H2,1-3H3/i3D3,4D2,6D,7D,9D2,10D,11D,12D,13D,14D. The molecule has 0 spiro atoms. The lowest BCUT2D eigenvalue weighted by Gasteiger charge is -2.13. The van der Waals surface area contributed by atoms with E-state index in [4.69, 9.17) is 33.4 Å². The second-order valence-electron chi connectivity index (χ2n) is 4.91. The van der Waals surface area contributed by atoms with Gasteiger partial charge in [-0.2, -0.15) is 0 Å². The zero-order valence-electron chi connectivity index (χ0n) is 27.9. The second-order valence-corrected chi connectivity index (χ2v) is 4.91. The molecule has 0 aliphatic heterocycles. The van der Waals surface area contributed by atoms with Crippen LogP contribution in [0.25, 0.3) is 0 Å². The molecule has 1 N–H and O–H groups in total. The van der Waals surface area contributed by atoms with E-state index < -0.39 is 98.4 Å². The minimum Gasteiger partial charge on any atom is -0.493 e. The van der Waals surface area contributed by atoms with Gasteiger partial charge in [-0.1, -0.05) is 24.5 Å². The molecule has 136 valence electrons. The molecular weight excluding hydrogens is 316 g/mol. The Balaban J connectivity index is 2.31. The van der Waals surface area contributed by atoms with Gasteiger partial charge in [0.1, 0.15) is 12.4 Å². The van der Waals surface area contributed by atoms with Crippen LogP contribution in [0.4, 0.5) is 0 Å². The molecule has 4 heteroatoms. The maximum absolute atomic E-state index is 10.5. The van der Waals surface area contributed by atoms with Gasteiger partial charge >= 0.3 is 0 Å². The van der Waals surface area contributed by atoms with Crippen LogP contribution >= 0.6 is 0 Å². The predicted molar refractivity (Wildman–Crippen MR) is 99.8 cm³/mol. The minimum atomic E-state index is -3.05. The van der Waals surface area contributed by atoms with Crippen LogP contribution in [0.5, 0.6) is 17.2 Å². The highest BCUT2D eigenvalue weighted by Gasteiger charge is 2.07. The van der Waals surface area contributed by atoms with Crippen LogP contribution in [0.3, 0.4) is 0 Å². The monoisotopic (exact) mass is 358 g/mol. The Labute approximate surface area is 170 Å². The fourth-order valence-corrected chi connectivity index (χ4v) is 1.80. The zero-order valence-corrected chi connectivity index (χ0v) is 13.9. The number of aliphatic hydroxyl groups is 1. The lowest BCUT2D eigenvalue weighted by atomic mass is 10.0.